The highest BCUT2D eigenvalue weighted by atomic mass is 15.3. The minimum Gasteiger partial charge on any atom is -0.354 e. The first kappa shape index (κ1) is 23.2. The van der Waals surface area contributed by atoms with Crippen LogP contribution in [0, 0.1) is 0 Å². The molecule has 5 aromatic heterocycles. The Morgan fingerprint density at radius 2 is 1.84 bits per heavy atom. The van der Waals surface area contributed by atoms with Crippen molar-refractivity contribution in [1.82, 2.24) is 34.4 Å². The van der Waals surface area contributed by atoms with Gasteiger partial charge in [0.25, 0.3) is 0 Å². The third-order valence-corrected chi connectivity index (χ3v) is 8.17. The van der Waals surface area contributed by atoms with Crippen LogP contribution in [0.2, 0.25) is 0 Å². The van der Waals surface area contributed by atoms with Crippen LogP contribution >= 0.6 is 0 Å². The minimum atomic E-state index is 0.562. The second kappa shape index (κ2) is 9.72. The van der Waals surface area contributed by atoms with E-state index in [1.165, 1.54) is 43.2 Å². The molecule has 7 rings (SSSR count). The molecule has 0 radical (unpaired) electrons. The monoisotopic (exact) mass is 507 g/mol. The lowest BCUT2D eigenvalue weighted by Crippen LogP contribution is -2.44. The van der Waals surface area contributed by atoms with Crippen LogP contribution in [0.1, 0.15) is 43.6 Å². The van der Waals surface area contributed by atoms with Gasteiger partial charge in [-0.15, -0.1) is 0 Å². The van der Waals surface area contributed by atoms with Gasteiger partial charge in [-0.3, -0.25) is 0 Å². The van der Waals surface area contributed by atoms with E-state index < -0.39 is 0 Å². The molecule has 1 saturated heterocycles. The summed E-state index contributed by atoms with van der Waals surface area (Å²) in [6.45, 7) is 4.05. The number of rotatable bonds is 5. The first-order chi connectivity index (χ1) is 18.7. The van der Waals surface area contributed by atoms with Gasteiger partial charge in [-0.1, -0.05) is 19.3 Å². The van der Waals surface area contributed by atoms with Crippen molar-refractivity contribution in [3.8, 4) is 11.1 Å². The Balaban J connectivity index is 1.14. The molecule has 194 valence electrons. The molecule has 0 bridgehead atoms. The largest absolute Gasteiger partial charge is 0.354 e. The van der Waals surface area contributed by atoms with Crippen molar-refractivity contribution >= 4 is 34.0 Å². The predicted molar refractivity (Wildman–Crippen MR) is 151 cm³/mol. The Morgan fingerprint density at radius 3 is 2.71 bits per heavy atom. The van der Waals surface area contributed by atoms with Crippen molar-refractivity contribution in [2.75, 3.05) is 43.4 Å². The van der Waals surface area contributed by atoms with Gasteiger partial charge in [0, 0.05) is 79.2 Å². The van der Waals surface area contributed by atoms with E-state index in [2.05, 4.69) is 72.8 Å². The Labute approximate surface area is 221 Å². The molecule has 0 amide bonds. The fraction of sp³-hybridized carbons (Fsp3) is 0.379. The van der Waals surface area contributed by atoms with Gasteiger partial charge in [0.1, 0.15) is 11.5 Å². The Hall–Kier alpha value is -3.98. The van der Waals surface area contributed by atoms with Gasteiger partial charge in [-0.2, -0.15) is 10.1 Å². The molecular formula is C29H33N9. The van der Waals surface area contributed by atoms with E-state index in [-0.39, 0.29) is 0 Å². The van der Waals surface area contributed by atoms with E-state index >= 15 is 0 Å². The number of H-pyrrole nitrogens is 1. The molecule has 9 heteroatoms. The molecule has 2 N–H and O–H groups in total. The number of nitrogens with one attached hydrogen (secondary N) is 2. The van der Waals surface area contributed by atoms with Gasteiger partial charge in [0.15, 0.2) is 0 Å². The van der Waals surface area contributed by atoms with Crippen LogP contribution in [0.15, 0.2) is 55.2 Å². The van der Waals surface area contributed by atoms with Gasteiger partial charge < -0.3 is 20.1 Å². The quantitative estimate of drug-likeness (QED) is 0.337. The van der Waals surface area contributed by atoms with E-state index in [4.69, 9.17) is 4.98 Å². The molecule has 6 heterocycles. The minimum absolute atomic E-state index is 0.562. The van der Waals surface area contributed by atoms with E-state index in [1.54, 1.807) is 0 Å². The number of piperazine rings is 1. The molecule has 5 aromatic rings. The number of fused-ring (bicyclic) bond motifs is 2. The standard InChI is InChI=1S/C29H33N9/c1-36-11-13-37(14-12-36)27-16-22(7-9-30-27)34-29-32-18-25-23(17-31-28(25)35-29)21-8-10-38-26(15-21)24(19-33-38)20-5-3-2-4-6-20/h7-10,15-20H,2-6,11-14H2,1H3,(H2,30,31,32,34,35). The number of pyridine rings is 2. The van der Waals surface area contributed by atoms with Crippen LogP contribution in [-0.2, 0) is 0 Å². The third kappa shape index (κ3) is 4.36. The Kier molecular flexibility index (Phi) is 5.92. The summed E-state index contributed by atoms with van der Waals surface area (Å²) in [6, 6.07) is 8.42. The SMILES string of the molecule is CN1CCN(c2cc(Nc3ncc4c(-c5ccn6ncc(C7CCCCC7)c6c5)c[nH]c4n3)ccn2)CC1. The lowest BCUT2D eigenvalue weighted by Gasteiger charge is -2.33. The van der Waals surface area contributed by atoms with Gasteiger partial charge in [-0.05, 0) is 49.6 Å². The molecule has 1 aliphatic heterocycles. The molecule has 2 fully saturated rings. The third-order valence-electron chi connectivity index (χ3n) is 8.17. The highest BCUT2D eigenvalue weighted by molar-refractivity contribution is 5.94. The average Bonchev–Trinajstić information content (AvgIpc) is 3.58. The molecule has 0 spiro atoms. The summed E-state index contributed by atoms with van der Waals surface area (Å²) >= 11 is 0. The molecule has 2 aliphatic rings. The molecule has 0 atom stereocenters. The van der Waals surface area contributed by atoms with Gasteiger partial charge in [0.2, 0.25) is 5.95 Å². The van der Waals surface area contributed by atoms with E-state index in [1.807, 2.05) is 29.2 Å². The number of aromatic amines is 1. The van der Waals surface area contributed by atoms with Crippen molar-refractivity contribution < 1.29 is 0 Å². The van der Waals surface area contributed by atoms with Crippen LogP contribution in [0.3, 0.4) is 0 Å². The second-order valence-electron chi connectivity index (χ2n) is 10.7. The summed E-state index contributed by atoms with van der Waals surface area (Å²) in [4.78, 5) is 22.0. The van der Waals surface area contributed by atoms with Crippen molar-refractivity contribution in [1.29, 1.82) is 0 Å². The number of aromatic nitrogens is 6. The van der Waals surface area contributed by atoms with Crippen LogP contribution < -0.4 is 10.2 Å². The fourth-order valence-electron chi connectivity index (χ4n) is 5.94. The fourth-order valence-corrected chi connectivity index (χ4v) is 5.94. The highest BCUT2D eigenvalue weighted by Crippen LogP contribution is 2.36. The first-order valence-corrected chi connectivity index (χ1v) is 13.7. The zero-order valence-electron chi connectivity index (χ0n) is 21.8. The molecule has 1 saturated carbocycles. The molecule has 0 unspecified atom stereocenters. The van der Waals surface area contributed by atoms with Gasteiger partial charge in [-0.25, -0.2) is 14.5 Å². The Bertz CT molecular complexity index is 1570. The topological polar surface area (TPSA) is 90.3 Å². The maximum atomic E-state index is 4.78. The van der Waals surface area contributed by atoms with E-state index in [0.717, 1.165) is 59.8 Å². The van der Waals surface area contributed by atoms with E-state index in [9.17, 15) is 0 Å². The summed E-state index contributed by atoms with van der Waals surface area (Å²) in [6.07, 6.45) is 16.4. The van der Waals surface area contributed by atoms with Crippen molar-refractivity contribution in [3.63, 3.8) is 0 Å². The second-order valence-corrected chi connectivity index (χ2v) is 10.7. The maximum absolute atomic E-state index is 4.78. The molecule has 1 aliphatic carbocycles. The van der Waals surface area contributed by atoms with Crippen molar-refractivity contribution in [2.24, 2.45) is 0 Å². The molecule has 0 aromatic carbocycles. The number of hydrogen-bond donors (Lipinski definition) is 2. The van der Waals surface area contributed by atoms with Gasteiger partial charge in [0.05, 0.1) is 11.7 Å². The zero-order valence-corrected chi connectivity index (χ0v) is 21.8. The molecular weight excluding hydrogens is 474 g/mol. The number of nitrogens with zero attached hydrogens (tertiary/aromatic N) is 7. The number of hydrogen-bond acceptors (Lipinski definition) is 7. The summed E-state index contributed by atoms with van der Waals surface area (Å²) in [5.74, 6) is 2.16. The average molecular weight is 508 g/mol. The van der Waals surface area contributed by atoms with Crippen molar-refractivity contribution in [2.45, 2.75) is 38.0 Å². The van der Waals surface area contributed by atoms with Crippen LogP contribution in [0.5, 0.6) is 0 Å². The van der Waals surface area contributed by atoms with E-state index in [0.29, 0.717) is 11.9 Å². The maximum Gasteiger partial charge on any atom is 0.229 e. The number of anilines is 3. The van der Waals surface area contributed by atoms with Crippen LogP contribution in [-0.4, -0.2) is 67.7 Å². The normalized spacial score (nSPS) is 17.4. The molecule has 9 nitrogen and oxygen atoms in total. The summed E-state index contributed by atoms with van der Waals surface area (Å²) < 4.78 is 2.01. The predicted octanol–water partition coefficient (Wildman–Crippen LogP) is 5.21. The highest BCUT2D eigenvalue weighted by Gasteiger charge is 2.20. The number of likely N-dealkylation sites (N-methyl/N-ethyl adjacent to an activating group) is 1. The lowest BCUT2D eigenvalue weighted by molar-refractivity contribution is 0.312. The lowest BCUT2D eigenvalue weighted by atomic mass is 9.84. The first-order valence-electron chi connectivity index (χ1n) is 13.7. The van der Waals surface area contributed by atoms with Gasteiger partial charge >= 0.3 is 0 Å². The summed E-state index contributed by atoms with van der Waals surface area (Å²) in [5.41, 5.74) is 6.58. The van der Waals surface area contributed by atoms with Crippen LogP contribution in [0.4, 0.5) is 17.5 Å². The summed E-state index contributed by atoms with van der Waals surface area (Å²) in [7, 11) is 2.16. The summed E-state index contributed by atoms with van der Waals surface area (Å²) in [5, 5.41) is 9.01. The zero-order chi connectivity index (χ0) is 25.5. The molecule has 38 heavy (non-hydrogen) atoms. The van der Waals surface area contributed by atoms with Crippen LogP contribution in [0.25, 0.3) is 27.7 Å². The van der Waals surface area contributed by atoms with Crippen molar-refractivity contribution in [3.05, 3.63) is 60.8 Å². The Morgan fingerprint density at radius 1 is 0.974 bits per heavy atom. The smallest absolute Gasteiger partial charge is 0.229 e.